The van der Waals surface area contributed by atoms with Gasteiger partial charge in [0.1, 0.15) is 0 Å². The highest BCUT2D eigenvalue weighted by Crippen LogP contribution is 2.41. The predicted molar refractivity (Wildman–Crippen MR) is 90.1 cm³/mol. The number of hydrogen-bond donors (Lipinski definition) is 1. The number of hydrogen-bond acceptors (Lipinski definition) is 3. The van der Waals surface area contributed by atoms with E-state index in [0.29, 0.717) is 5.56 Å². The number of halogens is 3. The van der Waals surface area contributed by atoms with Crippen molar-refractivity contribution < 1.29 is 21.6 Å². The summed E-state index contributed by atoms with van der Waals surface area (Å²) in [6.45, 7) is 1.29. The highest BCUT2D eigenvalue weighted by molar-refractivity contribution is 7.89. The van der Waals surface area contributed by atoms with Gasteiger partial charge in [0.15, 0.2) is 0 Å². The Bertz CT molecular complexity index is 1050. The molecule has 0 spiro atoms. The molecule has 9 heteroatoms. The maximum absolute atomic E-state index is 13.7. The number of alkyl halides is 3. The third-order valence-corrected chi connectivity index (χ3v) is 4.99. The summed E-state index contributed by atoms with van der Waals surface area (Å²) in [5.41, 5.74) is -1.27. The molecular weight excluding hydrogens is 367 g/mol. The molecule has 0 unspecified atom stereocenters. The van der Waals surface area contributed by atoms with Crippen LogP contribution in [0.3, 0.4) is 0 Å². The number of sulfonamides is 1. The molecule has 0 atom stereocenters. The fourth-order valence-corrected chi connectivity index (χ4v) is 3.91. The van der Waals surface area contributed by atoms with Crippen LogP contribution in [0.4, 0.5) is 13.2 Å². The van der Waals surface area contributed by atoms with E-state index < -0.39 is 21.8 Å². The van der Waals surface area contributed by atoms with E-state index >= 15 is 0 Å². The second-order valence-corrected chi connectivity index (χ2v) is 7.13. The van der Waals surface area contributed by atoms with Gasteiger partial charge in [0.25, 0.3) is 0 Å². The van der Waals surface area contributed by atoms with Gasteiger partial charge in [0.2, 0.25) is 10.0 Å². The second-order valence-electron chi connectivity index (χ2n) is 5.63. The van der Waals surface area contributed by atoms with Crippen molar-refractivity contribution in [1.29, 1.82) is 0 Å². The van der Waals surface area contributed by atoms with Gasteiger partial charge in [0.05, 0.1) is 16.1 Å². The summed E-state index contributed by atoms with van der Waals surface area (Å²) >= 11 is 0. The maximum atomic E-state index is 13.7. The van der Waals surface area contributed by atoms with Crippen LogP contribution >= 0.6 is 0 Å². The Morgan fingerprint density at radius 3 is 2.27 bits per heavy atom. The number of rotatable bonds is 3. The Morgan fingerprint density at radius 2 is 1.77 bits per heavy atom. The molecule has 0 saturated carbocycles. The van der Waals surface area contributed by atoms with E-state index in [1.807, 2.05) is 0 Å². The van der Waals surface area contributed by atoms with Crippen LogP contribution in [0.2, 0.25) is 0 Å². The third-order valence-electron chi connectivity index (χ3n) is 3.89. The average molecular weight is 381 g/mol. The predicted octanol–water partition coefficient (Wildman–Crippen LogP) is 3.51. The zero-order valence-corrected chi connectivity index (χ0v) is 14.3. The number of nitrogens with two attached hydrogens (primary N) is 1. The van der Waals surface area contributed by atoms with E-state index in [4.69, 9.17) is 5.14 Å². The van der Waals surface area contributed by atoms with E-state index in [1.165, 1.54) is 37.5 Å². The lowest BCUT2D eigenvalue weighted by molar-refractivity contribution is -0.137. The minimum atomic E-state index is -4.72. The lowest BCUT2D eigenvalue weighted by atomic mass is 9.97. The Labute approximate surface area is 147 Å². The van der Waals surface area contributed by atoms with Crippen molar-refractivity contribution in [3.8, 4) is 16.8 Å². The normalized spacial score (nSPS) is 12.3. The second kappa shape index (κ2) is 6.26. The van der Waals surface area contributed by atoms with Crippen LogP contribution < -0.4 is 5.14 Å². The first-order chi connectivity index (χ1) is 12.1. The topological polar surface area (TPSA) is 78.0 Å². The molecule has 1 aromatic heterocycles. The molecule has 3 rings (SSSR count). The van der Waals surface area contributed by atoms with Crippen molar-refractivity contribution >= 4 is 10.0 Å². The summed E-state index contributed by atoms with van der Waals surface area (Å²) in [4.78, 5) is -0.359. The smallest absolute Gasteiger partial charge is 0.240 e. The van der Waals surface area contributed by atoms with Gasteiger partial charge in [0, 0.05) is 18.0 Å². The highest BCUT2D eigenvalue weighted by atomic mass is 32.2. The maximum Gasteiger partial charge on any atom is 0.418 e. The minimum Gasteiger partial charge on any atom is -0.240 e. The van der Waals surface area contributed by atoms with Crippen LogP contribution in [-0.2, 0) is 16.2 Å². The number of nitrogens with zero attached hydrogens (tertiary/aromatic N) is 2. The molecule has 136 valence electrons. The molecule has 0 radical (unpaired) electrons. The van der Waals surface area contributed by atoms with Crippen LogP contribution in [0.1, 0.15) is 11.1 Å². The molecule has 3 aromatic rings. The summed E-state index contributed by atoms with van der Waals surface area (Å²) in [6.07, 6.45) is -2.10. The molecule has 0 saturated heterocycles. The molecule has 2 aromatic carbocycles. The van der Waals surface area contributed by atoms with Crippen LogP contribution in [0.5, 0.6) is 0 Å². The molecule has 0 amide bonds. The number of aromatic nitrogens is 2. The van der Waals surface area contributed by atoms with Crippen LogP contribution in [0.15, 0.2) is 59.8 Å². The van der Waals surface area contributed by atoms with E-state index in [9.17, 15) is 21.6 Å². The zero-order chi connectivity index (χ0) is 19.1. The quantitative estimate of drug-likeness (QED) is 0.754. The van der Waals surface area contributed by atoms with Gasteiger partial charge < -0.3 is 0 Å². The average Bonchev–Trinajstić information content (AvgIpc) is 3.06. The first kappa shape index (κ1) is 18.2. The summed E-state index contributed by atoms with van der Waals surface area (Å²) < 4.78 is 66.6. The lowest BCUT2D eigenvalue weighted by Gasteiger charge is -2.21. The standard InChI is InChI=1S/C17H14F3N3O2S/c1-11-15(23-9-5-8-22-23)14(17(18,19)20)10-13(16(11)26(21,24)25)12-6-3-2-4-7-12/h2-10H,1H3,(H2,21,24,25). The van der Waals surface area contributed by atoms with Crippen LogP contribution in [0.25, 0.3) is 16.8 Å². The fourth-order valence-electron chi connectivity index (χ4n) is 2.90. The molecule has 0 aliphatic rings. The summed E-state index contributed by atoms with van der Waals surface area (Å²) in [5.74, 6) is 0. The van der Waals surface area contributed by atoms with Crippen molar-refractivity contribution in [2.24, 2.45) is 5.14 Å². The van der Waals surface area contributed by atoms with Gasteiger partial charge in [-0.1, -0.05) is 30.3 Å². The monoisotopic (exact) mass is 381 g/mol. The molecule has 2 N–H and O–H groups in total. The van der Waals surface area contributed by atoms with Crippen LogP contribution in [-0.4, -0.2) is 18.2 Å². The van der Waals surface area contributed by atoms with E-state index in [1.54, 1.807) is 18.2 Å². The summed E-state index contributed by atoms with van der Waals surface area (Å²) in [6, 6.07) is 10.2. The van der Waals surface area contributed by atoms with Gasteiger partial charge in [-0.3, -0.25) is 0 Å². The van der Waals surface area contributed by atoms with Gasteiger partial charge in [-0.2, -0.15) is 18.3 Å². The van der Waals surface area contributed by atoms with Gasteiger partial charge in [-0.05, 0) is 30.2 Å². The molecule has 0 aliphatic carbocycles. The van der Waals surface area contributed by atoms with Gasteiger partial charge in [-0.25, -0.2) is 18.2 Å². The Morgan fingerprint density at radius 1 is 1.12 bits per heavy atom. The Kier molecular flexibility index (Phi) is 4.37. The Balaban J connectivity index is 2.50. The zero-order valence-electron chi connectivity index (χ0n) is 13.5. The van der Waals surface area contributed by atoms with Crippen molar-refractivity contribution in [2.75, 3.05) is 0 Å². The van der Waals surface area contributed by atoms with Crippen LogP contribution in [0, 0.1) is 6.92 Å². The molecule has 0 aliphatic heterocycles. The van der Waals surface area contributed by atoms with Gasteiger partial charge in [-0.15, -0.1) is 0 Å². The molecule has 0 bridgehead atoms. The molecular formula is C17H14F3N3O2S. The Hall–Kier alpha value is -2.65. The third kappa shape index (κ3) is 3.23. The van der Waals surface area contributed by atoms with E-state index in [2.05, 4.69) is 5.10 Å². The van der Waals surface area contributed by atoms with Crippen molar-refractivity contribution in [3.05, 3.63) is 66.0 Å². The lowest BCUT2D eigenvalue weighted by Crippen LogP contribution is -2.20. The minimum absolute atomic E-state index is 0.103. The van der Waals surface area contributed by atoms with Crippen molar-refractivity contribution in [3.63, 3.8) is 0 Å². The fraction of sp³-hybridized carbons (Fsp3) is 0.118. The molecule has 26 heavy (non-hydrogen) atoms. The first-order valence-electron chi connectivity index (χ1n) is 7.43. The first-order valence-corrected chi connectivity index (χ1v) is 8.98. The van der Waals surface area contributed by atoms with E-state index in [0.717, 1.165) is 10.7 Å². The largest absolute Gasteiger partial charge is 0.418 e. The van der Waals surface area contributed by atoms with Gasteiger partial charge >= 0.3 is 6.18 Å². The molecule has 1 heterocycles. The summed E-state index contributed by atoms with van der Waals surface area (Å²) in [5, 5.41) is 9.17. The van der Waals surface area contributed by atoms with Crippen molar-refractivity contribution in [1.82, 2.24) is 9.78 Å². The molecule has 5 nitrogen and oxygen atoms in total. The number of primary sulfonamides is 1. The SMILES string of the molecule is Cc1c(-n2cccn2)c(C(F)(F)F)cc(-c2ccccc2)c1S(N)(=O)=O. The van der Waals surface area contributed by atoms with E-state index in [-0.39, 0.29) is 21.7 Å². The highest BCUT2D eigenvalue weighted by Gasteiger charge is 2.38. The summed E-state index contributed by atoms with van der Waals surface area (Å²) in [7, 11) is -4.30. The number of benzene rings is 2. The molecule has 0 fully saturated rings. The van der Waals surface area contributed by atoms with Crippen molar-refractivity contribution in [2.45, 2.75) is 18.0 Å².